The van der Waals surface area contributed by atoms with Crippen LogP contribution < -0.4 is 4.74 Å². The Morgan fingerprint density at radius 1 is 1.55 bits per heavy atom. The van der Waals surface area contributed by atoms with Crippen LogP contribution in [0.5, 0.6) is 5.75 Å². The van der Waals surface area contributed by atoms with E-state index in [0.717, 1.165) is 0 Å². The van der Waals surface area contributed by atoms with E-state index in [1.165, 1.54) is 17.0 Å². The number of nitrogens with one attached hydrogen (secondary N) is 1. The van der Waals surface area contributed by atoms with Crippen LogP contribution >= 0.6 is 0 Å². The van der Waals surface area contributed by atoms with Gasteiger partial charge < -0.3 is 9.64 Å². The van der Waals surface area contributed by atoms with Gasteiger partial charge in [0.15, 0.2) is 17.7 Å². The molecule has 1 aliphatic rings. The van der Waals surface area contributed by atoms with Gasteiger partial charge >= 0.3 is 0 Å². The molecule has 0 radical (unpaired) electrons. The van der Waals surface area contributed by atoms with Gasteiger partial charge in [-0.2, -0.15) is 0 Å². The van der Waals surface area contributed by atoms with Gasteiger partial charge in [0.25, 0.3) is 5.91 Å². The lowest BCUT2D eigenvalue weighted by atomic mass is 10.2. The molecular formula is C15H21FN2O3S. The zero-order valence-corrected chi connectivity index (χ0v) is 13.6. The maximum atomic E-state index is 13.6. The Balaban J connectivity index is 2.07. The van der Waals surface area contributed by atoms with Crippen LogP contribution in [0.25, 0.3) is 0 Å². The maximum Gasteiger partial charge on any atom is 0.263 e. The van der Waals surface area contributed by atoms with Crippen LogP contribution in [-0.4, -0.2) is 45.7 Å². The highest BCUT2D eigenvalue weighted by Gasteiger charge is 2.33. The smallest absolute Gasteiger partial charge is 0.263 e. The van der Waals surface area contributed by atoms with Crippen molar-refractivity contribution in [3.8, 4) is 5.75 Å². The summed E-state index contributed by atoms with van der Waals surface area (Å²) in [5, 5.41) is 0. The molecule has 22 heavy (non-hydrogen) atoms. The molecule has 0 bridgehead atoms. The Bertz CT molecular complexity index is 648. The average Bonchev–Trinajstić information content (AvgIpc) is 2.85. The normalized spacial score (nSPS) is 25.7. The first-order valence-electron chi connectivity index (χ1n) is 7.26. The SMILES string of the molecule is CCC(Oc1ccccc1F)C(=O)N(C)C1CCS(=N)(=O)C1. The van der Waals surface area contributed by atoms with Gasteiger partial charge in [-0.3, -0.25) is 9.57 Å². The lowest BCUT2D eigenvalue weighted by Crippen LogP contribution is -2.45. The molecule has 1 fully saturated rings. The second-order valence-corrected chi connectivity index (χ2v) is 7.88. The van der Waals surface area contributed by atoms with Crippen LogP contribution in [0, 0.1) is 10.6 Å². The third kappa shape index (κ3) is 3.76. The molecular weight excluding hydrogens is 307 g/mol. The Labute approximate surface area is 130 Å². The molecule has 1 N–H and O–H groups in total. The summed E-state index contributed by atoms with van der Waals surface area (Å²) >= 11 is 0. The Hall–Kier alpha value is -1.63. The number of amides is 1. The molecule has 1 aliphatic heterocycles. The van der Waals surface area contributed by atoms with E-state index in [1.54, 1.807) is 26.1 Å². The predicted octanol–water partition coefficient (Wildman–Crippen LogP) is 2.26. The van der Waals surface area contributed by atoms with Crippen LogP contribution in [0.15, 0.2) is 24.3 Å². The van der Waals surface area contributed by atoms with Gasteiger partial charge in [-0.05, 0) is 25.0 Å². The Morgan fingerprint density at radius 2 is 2.23 bits per heavy atom. The van der Waals surface area contributed by atoms with Crippen LogP contribution in [0.1, 0.15) is 19.8 Å². The van der Waals surface area contributed by atoms with Crippen molar-refractivity contribution in [2.75, 3.05) is 18.6 Å². The number of nitrogens with zero attached hydrogens (tertiary/aromatic N) is 1. The summed E-state index contributed by atoms with van der Waals surface area (Å²) in [5.41, 5.74) is 0. The molecule has 1 amide bonds. The van der Waals surface area contributed by atoms with Gasteiger partial charge in [-0.25, -0.2) is 8.60 Å². The van der Waals surface area contributed by atoms with Crippen molar-refractivity contribution in [1.29, 1.82) is 4.78 Å². The fourth-order valence-corrected chi connectivity index (χ4v) is 4.35. The summed E-state index contributed by atoms with van der Waals surface area (Å²) in [7, 11) is -0.941. The lowest BCUT2D eigenvalue weighted by molar-refractivity contribution is -0.139. The molecule has 0 aliphatic carbocycles. The largest absolute Gasteiger partial charge is 0.478 e. The van der Waals surface area contributed by atoms with E-state index in [0.29, 0.717) is 18.6 Å². The standard InChI is InChI=1S/C15H21FN2O3S/c1-3-13(21-14-7-5-4-6-12(14)16)15(19)18(2)11-8-9-22(17,20)10-11/h4-7,11,13,17H,3,8-10H2,1-2H3. The molecule has 1 aromatic carbocycles. The highest BCUT2D eigenvalue weighted by Crippen LogP contribution is 2.22. The van der Waals surface area contributed by atoms with Crippen molar-refractivity contribution < 1.29 is 18.1 Å². The van der Waals surface area contributed by atoms with Crippen LogP contribution in [-0.2, 0) is 14.5 Å². The van der Waals surface area contributed by atoms with E-state index in [4.69, 9.17) is 9.52 Å². The van der Waals surface area contributed by atoms with Crippen LogP contribution in [0.4, 0.5) is 4.39 Å². The molecule has 2 rings (SSSR count). The molecule has 1 aromatic rings. The van der Waals surface area contributed by atoms with Crippen molar-refractivity contribution in [3.05, 3.63) is 30.1 Å². The van der Waals surface area contributed by atoms with Gasteiger partial charge in [-0.1, -0.05) is 19.1 Å². The summed E-state index contributed by atoms with van der Waals surface area (Å²) in [6.07, 6.45) is 0.172. The van der Waals surface area contributed by atoms with Crippen molar-refractivity contribution in [2.24, 2.45) is 0 Å². The highest BCUT2D eigenvalue weighted by molar-refractivity contribution is 7.92. The topological polar surface area (TPSA) is 70.5 Å². The summed E-state index contributed by atoms with van der Waals surface area (Å²) in [5.74, 6) is -0.211. The number of halogens is 1. The van der Waals surface area contributed by atoms with E-state index in [-0.39, 0.29) is 23.5 Å². The minimum atomic E-state index is -2.57. The van der Waals surface area contributed by atoms with Gasteiger partial charge in [0.1, 0.15) is 0 Å². The fraction of sp³-hybridized carbons (Fsp3) is 0.533. The molecule has 0 aromatic heterocycles. The quantitative estimate of drug-likeness (QED) is 0.901. The molecule has 0 saturated carbocycles. The zero-order valence-electron chi connectivity index (χ0n) is 12.8. The first-order chi connectivity index (χ1) is 10.3. The Morgan fingerprint density at radius 3 is 2.77 bits per heavy atom. The van der Waals surface area contributed by atoms with Crippen molar-refractivity contribution >= 4 is 15.6 Å². The maximum absolute atomic E-state index is 13.6. The molecule has 7 heteroatoms. The summed E-state index contributed by atoms with van der Waals surface area (Å²) in [4.78, 5) is 14.0. The van der Waals surface area contributed by atoms with E-state index in [2.05, 4.69) is 0 Å². The number of likely N-dealkylation sites (N-methyl/N-ethyl adjacent to an activating group) is 1. The average molecular weight is 328 g/mol. The number of hydrogen-bond acceptors (Lipinski definition) is 4. The molecule has 1 heterocycles. The molecule has 1 saturated heterocycles. The molecule has 0 spiro atoms. The van der Waals surface area contributed by atoms with E-state index in [1.807, 2.05) is 0 Å². The number of para-hydroxylation sites is 1. The fourth-order valence-electron chi connectivity index (χ4n) is 2.52. The third-order valence-electron chi connectivity index (χ3n) is 3.89. The summed E-state index contributed by atoms with van der Waals surface area (Å²) in [6, 6.07) is 5.75. The number of hydrogen-bond donors (Lipinski definition) is 1. The third-order valence-corrected chi connectivity index (χ3v) is 5.71. The van der Waals surface area contributed by atoms with E-state index >= 15 is 0 Å². The molecule has 5 nitrogen and oxygen atoms in total. The second-order valence-electron chi connectivity index (χ2n) is 5.52. The number of ether oxygens (including phenoxy) is 1. The Kier molecular flexibility index (Phi) is 5.05. The molecule has 3 atom stereocenters. The summed E-state index contributed by atoms with van der Waals surface area (Å²) in [6.45, 7) is 1.79. The molecule has 122 valence electrons. The van der Waals surface area contributed by atoms with Gasteiger partial charge in [0, 0.05) is 28.6 Å². The monoisotopic (exact) mass is 328 g/mol. The molecule has 3 unspecified atom stereocenters. The minimum Gasteiger partial charge on any atom is -0.478 e. The summed E-state index contributed by atoms with van der Waals surface area (Å²) < 4.78 is 38.5. The number of carbonyl (C=O) groups is 1. The van der Waals surface area contributed by atoms with Crippen LogP contribution in [0.3, 0.4) is 0 Å². The van der Waals surface area contributed by atoms with Crippen molar-refractivity contribution in [1.82, 2.24) is 4.90 Å². The predicted molar refractivity (Wildman–Crippen MR) is 82.9 cm³/mol. The van der Waals surface area contributed by atoms with Crippen molar-refractivity contribution in [2.45, 2.75) is 31.9 Å². The van der Waals surface area contributed by atoms with Gasteiger partial charge in [0.05, 0.1) is 5.75 Å². The zero-order chi connectivity index (χ0) is 16.3. The minimum absolute atomic E-state index is 0.0480. The first kappa shape index (κ1) is 16.7. The van der Waals surface area contributed by atoms with Crippen molar-refractivity contribution in [3.63, 3.8) is 0 Å². The van der Waals surface area contributed by atoms with Gasteiger partial charge in [0.2, 0.25) is 0 Å². The van der Waals surface area contributed by atoms with Gasteiger partial charge in [-0.15, -0.1) is 0 Å². The van der Waals surface area contributed by atoms with E-state index < -0.39 is 21.7 Å². The highest BCUT2D eigenvalue weighted by atomic mass is 32.2. The lowest BCUT2D eigenvalue weighted by Gasteiger charge is -2.28. The first-order valence-corrected chi connectivity index (χ1v) is 9.15. The number of benzene rings is 1. The number of rotatable bonds is 5. The van der Waals surface area contributed by atoms with Crippen LogP contribution in [0.2, 0.25) is 0 Å². The second kappa shape index (κ2) is 6.64. The van der Waals surface area contributed by atoms with E-state index in [9.17, 15) is 13.4 Å². The number of carbonyl (C=O) groups excluding carboxylic acids is 1.